The lowest BCUT2D eigenvalue weighted by atomic mass is 9.96. The fourth-order valence-corrected chi connectivity index (χ4v) is 4.63. The topological polar surface area (TPSA) is 97.5 Å². The number of hydrogen-bond donors (Lipinski definition) is 1. The molecule has 1 saturated heterocycles. The number of sulfone groups is 1. The van der Waals surface area contributed by atoms with Crippen LogP contribution in [0, 0.1) is 5.92 Å². The first-order valence-corrected chi connectivity index (χ1v) is 10.5. The molecule has 0 aromatic heterocycles. The molecule has 1 fully saturated rings. The molecule has 1 heterocycles. The van der Waals surface area contributed by atoms with Crippen molar-refractivity contribution in [3.63, 3.8) is 0 Å². The van der Waals surface area contributed by atoms with E-state index in [1.165, 1.54) is 0 Å². The van der Waals surface area contributed by atoms with E-state index in [2.05, 4.69) is 0 Å². The molecule has 0 saturated carbocycles. The van der Waals surface area contributed by atoms with Gasteiger partial charge >= 0.3 is 0 Å². The third-order valence-electron chi connectivity index (χ3n) is 4.82. The van der Waals surface area contributed by atoms with E-state index >= 15 is 0 Å². The van der Waals surface area contributed by atoms with Gasteiger partial charge in [0.1, 0.15) is 0 Å². The molecule has 142 valence electrons. The van der Waals surface area contributed by atoms with E-state index in [4.69, 9.17) is 5.73 Å². The predicted octanol–water partition coefficient (Wildman–Crippen LogP) is 2.00. The first kappa shape index (κ1) is 19.1. The molecule has 0 unspecified atom stereocenters. The number of rotatable bonds is 5. The standard InChI is InChI=1S/C20H22N2O4S/c21-19(23)16-9-11-22(12-10-16)20(24)17-6-4-5-15(13-17)14-27(25,26)18-7-2-1-3-8-18/h1-8,13,16H,9-12,14H2,(H2,21,23). The quantitative estimate of drug-likeness (QED) is 0.850. The summed E-state index contributed by atoms with van der Waals surface area (Å²) in [6.07, 6.45) is 1.12. The lowest BCUT2D eigenvalue weighted by Gasteiger charge is -2.30. The van der Waals surface area contributed by atoms with Crippen LogP contribution in [0.1, 0.15) is 28.8 Å². The van der Waals surface area contributed by atoms with Gasteiger partial charge in [-0.05, 0) is 42.7 Å². The summed E-state index contributed by atoms with van der Waals surface area (Å²) < 4.78 is 25.1. The van der Waals surface area contributed by atoms with Crippen molar-refractivity contribution in [1.82, 2.24) is 4.90 Å². The van der Waals surface area contributed by atoms with Crippen LogP contribution in [-0.2, 0) is 20.4 Å². The van der Waals surface area contributed by atoms with E-state index in [9.17, 15) is 18.0 Å². The Bertz CT molecular complexity index is 933. The lowest BCUT2D eigenvalue weighted by molar-refractivity contribution is -0.123. The summed E-state index contributed by atoms with van der Waals surface area (Å²) in [5, 5.41) is 0. The zero-order chi connectivity index (χ0) is 19.4. The molecule has 27 heavy (non-hydrogen) atoms. The monoisotopic (exact) mass is 386 g/mol. The van der Waals surface area contributed by atoms with E-state index < -0.39 is 9.84 Å². The van der Waals surface area contributed by atoms with E-state index in [1.807, 2.05) is 0 Å². The average Bonchev–Trinajstić information content (AvgIpc) is 2.68. The Balaban J connectivity index is 1.72. The largest absolute Gasteiger partial charge is 0.369 e. The van der Waals surface area contributed by atoms with Gasteiger partial charge in [-0.15, -0.1) is 0 Å². The van der Waals surface area contributed by atoms with Crippen LogP contribution in [0.4, 0.5) is 0 Å². The van der Waals surface area contributed by atoms with Crippen LogP contribution in [0.2, 0.25) is 0 Å². The molecule has 0 atom stereocenters. The number of amides is 2. The van der Waals surface area contributed by atoms with Crippen LogP contribution >= 0.6 is 0 Å². The molecule has 6 nitrogen and oxygen atoms in total. The highest BCUT2D eigenvalue weighted by Gasteiger charge is 2.26. The molecule has 1 aliphatic rings. The van der Waals surface area contributed by atoms with Gasteiger partial charge in [0.25, 0.3) is 5.91 Å². The van der Waals surface area contributed by atoms with Crippen LogP contribution in [-0.4, -0.2) is 38.2 Å². The molecular formula is C20H22N2O4S. The fraction of sp³-hybridized carbons (Fsp3) is 0.300. The molecule has 0 aliphatic carbocycles. The highest BCUT2D eigenvalue weighted by molar-refractivity contribution is 7.90. The normalized spacial score (nSPS) is 15.5. The SMILES string of the molecule is NC(=O)C1CCN(C(=O)c2cccc(CS(=O)(=O)c3ccccc3)c2)CC1. The number of carbonyl (C=O) groups is 2. The van der Waals surface area contributed by atoms with E-state index in [0.29, 0.717) is 37.1 Å². The summed E-state index contributed by atoms with van der Waals surface area (Å²) in [7, 11) is -3.47. The first-order chi connectivity index (χ1) is 12.9. The number of primary amides is 1. The number of piperidine rings is 1. The fourth-order valence-electron chi connectivity index (χ4n) is 3.27. The number of hydrogen-bond acceptors (Lipinski definition) is 4. The Morgan fingerprint density at radius 1 is 1.00 bits per heavy atom. The molecule has 2 aromatic rings. The van der Waals surface area contributed by atoms with Crippen molar-refractivity contribution in [2.75, 3.05) is 13.1 Å². The van der Waals surface area contributed by atoms with Crippen LogP contribution < -0.4 is 5.73 Å². The predicted molar refractivity (Wildman–Crippen MR) is 102 cm³/mol. The van der Waals surface area contributed by atoms with Crippen LogP contribution in [0.3, 0.4) is 0 Å². The summed E-state index contributed by atoms with van der Waals surface area (Å²) in [5.74, 6) is -0.828. The van der Waals surface area contributed by atoms with E-state index in [-0.39, 0.29) is 28.4 Å². The van der Waals surface area contributed by atoms with Gasteiger partial charge in [0, 0.05) is 24.6 Å². The van der Waals surface area contributed by atoms with Gasteiger partial charge in [-0.3, -0.25) is 9.59 Å². The van der Waals surface area contributed by atoms with Crippen molar-refractivity contribution in [3.05, 3.63) is 65.7 Å². The molecular weight excluding hydrogens is 364 g/mol. The van der Waals surface area contributed by atoms with Crippen LogP contribution in [0.25, 0.3) is 0 Å². The van der Waals surface area contributed by atoms with Gasteiger partial charge in [-0.25, -0.2) is 8.42 Å². The molecule has 2 aromatic carbocycles. The van der Waals surface area contributed by atoms with E-state index in [1.54, 1.807) is 59.5 Å². The molecule has 2 N–H and O–H groups in total. The molecule has 0 bridgehead atoms. The third kappa shape index (κ3) is 4.54. The Morgan fingerprint density at radius 2 is 1.67 bits per heavy atom. The molecule has 0 spiro atoms. The van der Waals surface area contributed by atoms with Crippen LogP contribution in [0.5, 0.6) is 0 Å². The Kier molecular flexibility index (Phi) is 5.60. The van der Waals surface area contributed by atoms with Gasteiger partial charge in [0.15, 0.2) is 9.84 Å². The second kappa shape index (κ2) is 7.92. The number of nitrogens with zero attached hydrogens (tertiary/aromatic N) is 1. The van der Waals surface area contributed by atoms with Crippen molar-refractivity contribution in [1.29, 1.82) is 0 Å². The summed E-state index contributed by atoms with van der Waals surface area (Å²) in [4.78, 5) is 25.9. The van der Waals surface area contributed by atoms with Crippen molar-refractivity contribution in [2.45, 2.75) is 23.5 Å². The third-order valence-corrected chi connectivity index (χ3v) is 6.52. The Hall–Kier alpha value is -2.67. The zero-order valence-electron chi connectivity index (χ0n) is 14.9. The average molecular weight is 386 g/mol. The molecule has 2 amide bonds. The molecule has 0 radical (unpaired) electrons. The highest BCUT2D eigenvalue weighted by Crippen LogP contribution is 2.21. The van der Waals surface area contributed by atoms with Gasteiger partial charge in [0.2, 0.25) is 5.91 Å². The van der Waals surface area contributed by atoms with Gasteiger partial charge in [-0.2, -0.15) is 0 Å². The Morgan fingerprint density at radius 3 is 2.30 bits per heavy atom. The summed E-state index contributed by atoms with van der Waals surface area (Å²) >= 11 is 0. The summed E-state index contributed by atoms with van der Waals surface area (Å²) in [5.41, 5.74) is 6.35. The highest BCUT2D eigenvalue weighted by atomic mass is 32.2. The molecule has 3 rings (SSSR count). The van der Waals surface area contributed by atoms with Gasteiger partial charge in [0.05, 0.1) is 10.6 Å². The first-order valence-electron chi connectivity index (χ1n) is 8.82. The van der Waals surface area contributed by atoms with Crippen molar-refractivity contribution >= 4 is 21.7 Å². The minimum Gasteiger partial charge on any atom is -0.369 e. The van der Waals surface area contributed by atoms with Crippen molar-refractivity contribution in [2.24, 2.45) is 11.7 Å². The number of likely N-dealkylation sites (tertiary alicyclic amines) is 1. The maximum Gasteiger partial charge on any atom is 0.253 e. The van der Waals surface area contributed by atoms with Crippen molar-refractivity contribution < 1.29 is 18.0 Å². The summed E-state index contributed by atoms with van der Waals surface area (Å²) in [6.45, 7) is 0.942. The maximum absolute atomic E-state index is 12.7. The van der Waals surface area contributed by atoms with Gasteiger partial charge < -0.3 is 10.6 Å². The number of benzene rings is 2. The number of carbonyl (C=O) groups excluding carboxylic acids is 2. The minimum atomic E-state index is -3.47. The number of nitrogens with two attached hydrogens (primary N) is 1. The van der Waals surface area contributed by atoms with Crippen LogP contribution in [0.15, 0.2) is 59.5 Å². The minimum absolute atomic E-state index is 0.156. The van der Waals surface area contributed by atoms with Gasteiger partial charge in [-0.1, -0.05) is 30.3 Å². The maximum atomic E-state index is 12.7. The molecule has 1 aliphatic heterocycles. The lowest BCUT2D eigenvalue weighted by Crippen LogP contribution is -2.41. The van der Waals surface area contributed by atoms with E-state index in [0.717, 1.165) is 0 Å². The zero-order valence-corrected chi connectivity index (χ0v) is 15.7. The summed E-state index contributed by atoms with van der Waals surface area (Å²) in [6, 6.07) is 15.0. The van der Waals surface area contributed by atoms with Crippen molar-refractivity contribution in [3.8, 4) is 0 Å². The smallest absolute Gasteiger partial charge is 0.253 e. The second-order valence-corrected chi connectivity index (χ2v) is 8.73. The molecule has 7 heteroatoms. The second-order valence-electron chi connectivity index (χ2n) is 6.74. The Labute approximate surface area is 158 Å².